The highest BCUT2D eigenvalue weighted by molar-refractivity contribution is 6.05. The maximum absolute atomic E-state index is 12.9. The second-order valence-corrected chi connectivity index (χ2v) is 11.5. The molecule has 2 aromatic carbocycles. The molecule has 0 radical (unpaired) electrons. The number of carbonyl (C=O) groups excluding carboxylic acids is 3. The number of imide groups is 1. The van der Waals surface area contributed by atoms with E-state index < -0.39 is 6.04 Å². The van der Waals surface area contributed by atoms with Crippen molar-refractivity contribution in [2.75, 3.05) is 6.54 Å². The predicted octanol–water partition coefficient (Wildman–Crippen LogP) is 3.47. The van der Waals surface area contributed by atoms with Crippen LogP contribution in [-0.2, 0) is 22.6 Å². The smallest absolute Gasteiger partial charge is 0.255 e. The Balaban J connectivity index is 0.930. The molecule has 0 spiro atoms. The summed E-state index contributed by atoms with van der Waals surface area (Å²) in [6.45, 7) is 0.834. The first-order chi connectivity index (χ1) is 20.0. The zero-order valence-electron chi connectivity index (χ0n) is 23.1. The lowest BCUT2D eigenvalue weighted by Crippen LogP contribution is -2.52. The average molecular weight is 553 g/mol. The van der Waals surface area contributed by atoms with Gasteiger partial charge in [0, 0.05) is 42.9 Å². The summed E-state index contributed by atoms with van der Waals surface area (Å²) in [5, 5.41) is 5.90. The topological polar surface area (TPSA) is 130 Å². The van der Waals surface area contributed by atoms with E-state index in [-0.39, 0.29) is 24.1 Å². The molecule has 0 bridgehead atoms. The average Bonchev–Trinajstić information content (AvgIpc) is 3.28. The van der Waals surface area contributed by atoms with Crippen LogP contribution in [0, 0.1) is 5.92 Å². The summed E-state index contributed by atoms with van der Waals surface area (Å²) in [5.41, 5.74) is 12.4. The number of fused-ring (bicyclic) bond motifs is 2. The molecule has 9 heteroatoms. The van der Waals surface area contributed by atoms with Gasteiger partial charge in [0.1, 0.15) is 6.04 Å². The molecule has 1 saturated heterocycles. The second-order valence-electron chi connectivity index (χ2n) is 11.5. The molecular weight excluding hydrogens is 516 g/mol. The van der Waals surface area contributed by atoms with Gasteiger partial charge in [-0.05, 0) is 67.3 Å². The van der Waals surface area contributed by atoms with Crippen LogP contribution in [0.1, 0.15) is 72.1 Å². The van der Waals surface area contributed by atoms with E-state index in [9.17, 15) is 14.4 Å². The van der Waals surface area contributed by atoms with Crippen LogP contribution in [-0.4, -0.2) is 51.2 Å². The molecule has 4 N–H and O–H groups in total. The molecule has 3 aliphatic rings. The first kappa shape index (κ1) is 27.1. The minimum Gasteiger partial charge on any atom is -0.388 e. The number of rotatable bonds is 10. The van der Waals surface area contributed by atoms with E-state index in [1.54, 1.807) is 11.1 Å². The van der Waals surface area contributed by atoms with Crippen molar-refractivity contribution >= 4 is 34.3 Å². The van der Waals surface area contributed by atoms with Gasteiger partial charge >= 0.3 is 0 Å². The number of nitrogens with two attached hydrogens (primary N) is 1. The fourth-order valence-corrected chi connectivity index (χ4v) is 6.22. The molecule has 6 rings (SSSR count). The third-order valence-corrected chi connectivity index (χ3v) is 8.64. The maximum Gasteiger partial charge on any atom is 0.255 e. The zero-order chi connectivity index (χ0) is 28.3. The van der Waals surface area contributed by atoms with Gasteiger partial charge < -0.3 is 16.0 Å². The van der Waals surface area contributed by atoms with Crippen molar-refractivity contribution < 1.29 is 14.4 Å². The number of hydrogen-bond acceptors (Lipinski definition) is 7. The Kier molecular flexibility index (Phi) is 7.78. The Labute approximate surface area is 239 Å². The highest BCUT2D eigenvalue weighted by Gasteiger charge is 2.39. The Morgan fingerprint density at radius 1 is 1.10 bits per heavy atom. The lowest BCUT2D eigenvalue weighted by molar-refractivity contribution is -0.136. The molecule has 41 heavy (non-hydrogen) atoms. The molecule has 3 amide bonds. The molecule has 2 fully saturated rings. The summed E-state index contributed by atoms with van der Waals surface area (Å²) in [6.07, 6.45) is 11.3. The van der Waals surface area contributed by atoms with Gasteiger partial charge in [-0.1, -0.05) is 37.1 Å². The number of hydrogen-bond donors (Lipinski definition) is 3. The number of nitrogens with one attached hydrogen (secondary N) is 2. The fraction of sp³-hybridized carbons (Fsp3) is 0.406. The van der Waals surface area contributed by atoms with Gasteiger partial charge in [-0.3, -0.25) is 24.7 Å². The highest BCUT2D eigenvalue weighted by atomic mass is 16.2. The predicted molar refractivity (Wildman–Crippen MR) is 156 cm³/mol. The van der Waals surface area contributed by atoms with Crippen LogP contribution < -0.4 is 16.4 Å². The molecule has 1 aromatic heterocycles. The van der Waals surface area contributed by atoms with Crippen molar-refractivity contribution in [1.82, 2.24) is 25.5 Å². The molecule has 1 unspecified atom stereocenters. The fourth-order valence-electron chi connectivity index (χ4n) is 6.22. The summed E-state index contributed by atoms with van der Waals surface area (Å²) in [7, 11) is 0. The van der Waals surface area contributed by atoms with Crippen molar-refractivity contribution in [3.8, 4) is 0 Å². The summed E-state index contributed by atoms with van der Waals surface area (Å²) < 4.78 is 0. The zero-order valence-corrected chi connectivity index (χ0v) is 23.1. The van der Waals surface area contributed by atoms with Gasteiger partial charge in [0.2, 0.25) is 11.8 Å². The van der Waals surface area contributed by atoms with E-state index in [4.69, 9.17) is 10.7 Å². The van der Waals surface area contributed by atoms with Gasteiger partial charge in [-0.15, -0.1) is 0 Å². The Morgan fingerprint density at radius 2 is 1.93 bits per heavy atom. The molecule has 1 saturated carbocycles. The lowest BCUT2D eigenvalue weighted by Gasteiger charge is -2.36. The van der Waals surface area contributed by atoms with Crippen LogP contribution in [0.5, 0.6) is 0 Å². The Hall–Kier alpha value is -4.11. The molecule has 9 nitrogen and oxygen atoms in total. The Morgan fingerprint density at radius 3 is 2.73 bits per heavy atom. The Bertz CT molecular complexity index is 1510. The minimum absolute atomic E-state index is 0.118. The monoisotopic (exact) mass is 552 g/mol. The summed E-state index contributed by atoms with van der Waals surface area (Å²) in [6, 6.07) is 13.8. The minimum atomic E-state index is -0.568. The van der Waals surface area contributed by atoms with E-state index >= 15 is 0 Å². The third kappa shape index (κ3) is 5.86. The van der Waals surface area contributed by atoms with Crippen LogP contribution in [0.15, 0.2) is 54.9 Å². The highest BCUT2D eigenvalue weighted by Crippen LogP contribution is 2.33. The van der Waals surface area contributed by atoms with E-state index in [1.807, 2.05) is 42.6 Å². The summed E-state index contributed by atoms with van der Waals surface area (Å²) in [4.78, 5) is 47.5. The number of carbonyl (C=O) groups is 3. The van der Waals surface area contributed by atoms with Crippen molar-refractivity contribution in [3.63, 3.8) is 0 Å². The number of unbranched alkanes of at least 4 members (excludes halogenated alkanes) is 1. The standard InChI is InChI=1S/C32H36N6O3/c33-16-23(28-18-35-26-7-3-4-8-27(26)36-28)17-34-24-14-21(15-24)6-2-1-5-20-9-10-25-22(13-20)19-38(32(25)41)29-11-12-30(39)37-31(29)40/h3-4,7-10,13,17-18,21,24,29,34H,1-2,5-6,11-12,14-16,19,33H2,(H,37,39,40)/b23-17+. The van der Waals surface area contributed by atoms with Crippen molar-refractivity contribution in [1.29, 1.82) is 0 Å². The maximum atomic E-state index is 12.9. The molecular formula is C32H36N6O3. The number of amides is 3. The first-order valence-corrected chi connectivity index (χ1v) is 14.6. The number of nitrogens with zero attached hydrogens (tertiary/aromatic N) is 3. The second kappa shape index (κ2) is 11.8. The molecule has 1 atom stereocenters. The number of piperidine rings is 1. The molecule has 1 aliphatic carbocycles. The van der Waals surface area contributed by atoms with E-state index in [2.05, 4.69) is 21.7 Å². The molecule has 3 heterocycles. The van der Waals surface area contributed by atoms with Gasteiger partial charge in [-0.25, -0.2) is 4.98 Å². The SMILES string of the molecule is NC/C(=C\NC1CC(CCCCc2ccc3c(c2)CN(C2CCC(=O)NC2=O)C3=O)C1)c1cnc2ccccc2n1. The van der Waals surface area contributed by atoms with Crippen LogP contribution >= 0.6 is 0 Å². The number of benzene rings is 2. The van der Waals surface area contributed by atoms with Gasteiger partial charge in [0.15, 0.2) is 0 Å². The summed E-state index contributed by atoms with van der Waals surface area (Å²) in [5.74, 6) is -0.0161. The third-order valence-electron chi connectivity index (χ3n) is 8.64. The van der Waals surface area contributed by atoms with E-state index in [1.165, 1.54) is 18.4 Å². The quantitative estimate of drug-likeness (QED) is 0.259. The van der Waals surface area contributed by atoms with Crippen molar-refractivity contribution in [2.24, 2.45) is 11.7 Å². The van der Waals surface area contributed by atoms with Gasteiger partial charge in [-0.2, -0.15) is 0 Å². The number of aryl methyl sites for hydroxylation is 1. The van der Waals surface area contributed by atoms with Crippen LogP contribution in [0.2, 0.25) is 0 Å². The lowest BCUT2D eigenvalue weighted by atomic mass is 9.77. The normalized spacial score (nSPS) is 22.5. The molecule has 2 aliphatic heterocycles. The van der Waals surface area contributed by atoms with E-state index in [0.29, 0.717) is 31.1 Å². The van der Waals surface area contributed by atoms with Gasteiger partial charge in [0.05, 0.1) is 22.9 Å². The molecule has 3 aromatic rings. The van der Waals surface area contributed by atoms with Crippen LogP contribution in [0.3, 0.4) is 0 Å². The van der Waals surface area contributed by atoms with E-state index in [0.717, 1.165) is 59.5 Å². The van der Waals surface area contributed by atoms with Crippen molar-refractivity contribution in [3.05, 3.63) is 77.2 Å². The summed E-state index contributed by atoms with van der Waals surface area (Å²) >= 11 is 0. The van der Waals surface area contributed by atoms with Crippen molar-refractivity contribution in [2.45, 2.75) is 70.0 Å². The largest absolute Gasteiger partial charge is 0.388 e. The molecule has 212 valence electrons. The van der Waals surface area contributed by atoms with Crippen LogP contribution in [0.25, 0.3) is 16.6 Å². The first-order valence-electron chi connectivity index (χ1n) is 14.6. The number of para-hydroxylation sites is 2. The van der Waals surface area contributed by atoms with Crippen LogP contribution in [0.4, 0.5) is 0 Å². The number of aromatic nitrogens is 2. The van der Waals surface area contributed by atoms with Gasteiger partial charge in [0.25, 0.3) is 5.91 Å².